The number of nitrogens with one attached hydrogen (secondary N) is 1. The van der Waals surface area contributed by atoms with Gasteiger partial charge in [0.15, 0.2) is 6.61 Å². The number of benzene rings is 1. The Hall–Kier alpha value is -2.92. The predicted molar refractivity (Wildman–Crippen MR) is 96.3 cm³/mol. The molecule has 0 bridgehead atoms. The Kier molecular flexibility index (Phi) is 5.59. The molecule has 0 aliphatic carbocycles. The minimum Gasteiger partial charge on any atom is -0.484 e. The van der Waals surface area contributed by atoms with Crippen LogP contribution in [0.2, 0.25) is 5.02 Å². The molecule has 0 saturated heterocycles. The van der Waals surface area contributed by atoms with Gasteiger partial charge in [-0.2, -0.15) is 0 Å². The summed E-state index contributed by atoms with van der Waals surface area (Å²) in [5.41, 5.74) is 2.70. The zero-order valence-corrected chi connectivity index (χ0v) is 14.1. The van der Waals surface area contributed by atoms with Crippen molar-refractivity contribution in [2.75, 3.05) is 6.61 Å². The molecule has 0 atom stereocenters. The number of carbonyl (C=O) groups is 1. The number of rotatable bonds is 6. The van der Waals surface area contributed by atoms with E-state index in [1.807, 2.05) is 24.3 Å². The Morgan fingerprint density at radius 3 is 2.60 bits per heavy atom. The Balaban J connectivity index is 1.48. The molecule has 0 fully saturated rings. The lowest BCUT2D eigenvalue weighted by atomic mass is 10.1. The SMILES string of the molecule is O=C(COc1ccc(Cl)cc1)NCc1ccc(-c2cccnc2)nc1. The van der Waals surface area contributed by atoms with Gasteiger partial charge in [0, 0.05) is 35.7 Å². The molecule has 3 aromatic rings. The molecule has 0 saturated carbocycles. The summed E-state index contributed by atoms with van der Waals surface area (Å²) in [4.78, 5) is 20.3. The second kappa shape index (κ2) is 8.26. The Labute approximate surface area is 150 Å². The van der Waals surface area contributed by atoms with Gasteiger partial charge in [0.2, 0.25) is 0 Å². The molecule has 5 nitrogen and oxygen atoms in total. The minimum absolute atomic E-state index is 0.0527. The number of hydrogen-bond donors (Lipinski definition) is 1. The zero-order valence-electron chi connectivity index (χ0n) is 13.4. The summed E-state index contributed by atoms with van der Waals surface area (Å²) in [5, 5.41) is 3.42. The molecule has 0 radical (unpaired) electrons. The van der Waals surface area contributed by atoms with Crippen molar-refractivity contribution in [1.82, 2.24) is 15.3 Å². The van der Waals surface area contributed by atoms with Gasteiger partial charge in [-0.25, -0.2) is 0 Å². The number of pyridine rings is 2. The quantitative estimate of drug-likeness (QED) is 0.736. The van der Waals surface area contributed by atoms with Crippen LogP contribution in [0.15, 0.2) is 67.1 Å². The van der Waals surface area contributed by atoms with Gasteiger partial charge in [0.05, 0.1) is 5.69 Å². The van der Waals surface area contributed by atoms with Crippen LogP contribution in [0.4, 0.5) is 0 Å². The first-order valence-electron chi connectivity index (χ1n) is 7.71. The van der Waals surface area contributed by atoms with Crippen LogP contribution < -0.4 is 10.1 Å². The molecule has 2 heterocycles. The summed E-state index contributed by atoms with van der Waals surface area (Å²) in [5.74, 6) is 0.397. The normalized spacial score (nSPS) is 10.3. The van der Waals surface area contributed by atoms with Crippen molar-refractivity contribution in [3.8, 4) is 17.0 Å². The molecule has 0 spiro atoms. The highest BCUT2D eigenvalue weighted by atomic mass is 35.5. The van der Waals surface area contributed by atoms with Gasteiger partial charge in [0.25, 0.3) is 5.91 Å². The van der Waals surface area contributed by atoms with E-state index in [4.69, 9.17) is 16.3 Å². The van der Waals surface area contributed by atoms with Crippen molar-refractivity contribution in [3.63, 3.8) is 0 Å². The third kappa shape index (κ3) is 5.02. The second-order valence-corrected chi connectivity index (χ2v) is 5.75. The van der Waals surface area contributed by atoms with E-state index in [-0.39, 0.29) is 12.5 Å². The second-order valence-electron chi connectivity index (χ2n) is 5.31. The predicted octanol–water partition coefficient (Wildman–Crippen LogP) is 3.49. The van der Waals surface area contributed by atoms with Crippen LogP contribution in [0, 0.1) is 0 Å². The number of nitrogens with zero attached hydrogens (tertiary/aromatic N) is 2. The van der Waals surface area contributed by atoms with Crippen LogP contribution in [0.3, 0.4) is 0 Å². The molecule has 6 heteroatoms. The number of halogens is 1. The molecule has 1 amide bonds. The minimum atomic E-state index is -0.203. The van der Waals surface area contributed by atoms with E-state index >= 15 is 0 Å². The molecular formula is C19H16ClN3O2. The first kappa shape index (κ1) is 16.9. The fourth-order valence-electron chi connectivity index (χ4n) is 2.15. The largest absolute Gasteiger partial charge is 0.484 e. The van der Waals surface area contributed by atoms with Crippen LogP contribution in [-0.2, 0) is 11.3 Å². The van der Waals surface area contributed by atoms with Crippen molar-refractivity contribution in [3.05, 3.63) is 77.7 Å². The summed E-state index contributed by atoms with van der Waals surface area (Å²) in [6, 6.07) is 14.5. The van der Waals surface area contributed by atoms with E-state index < -0.39 is 0 Å². The number of hydrogen-bond acceptors (Lipinski definition) is 4. The molecule has 25 heavy (non-hydrogen) atoms. The Bertz CT molecular complexity index is 822. The van der Waals surface area contributed by atoms with E-state index in [9.17, 15) is 4.79 Å². The van der Waals surface area contributed by atoms with Crippen molar-refractivity contribution in [2.24, 2.45) is 0 Å². The van der Waals surface area contributed by atoms with Gasteiger partial charge >= 0.3 is 0 Å². The molecule has 1 N–H and O–H groups in total. The zero-order chi connectivity index (χ0) is 17.5. The molecule has 0 unspecified atom stereocenters. The summed E-state index contributed by atoms with van der Waals surface area (Å²) in [7, 11) is 0. The lowest BCUT2D eigenvalue weighted by Crippen LogP contribution is -2.28. The number of carbonyl (C=O) groups excluding carboxylic acids is 1. The average Bonchev–Trinajstić information content (AvgIpc) is 2.67. The smallest absolute Gasteiger partial charge is 0.258 e. The summed E-state index contributed by atoms with van der Waals surface area (Å²) in [6.45, 7) is 0.339. The lowest BCUT2D eigenvalue weighted by Gasteiger charge is -2.08. The molecular weight excluding hydrogens is 338 g/mol. The van der Waals surface area contributed by atoms with Gasteiger partial charge < -0.3 is 10.1 Å². The van der Waals surface area contributed by atoms with Crippen LogP contribution >= 0.6 is 11.6 Å². The maximum absolute atomic E-state index is 11.9. The van der Waals surface area contributed by atoms with E-state index in [1.54, 1.807) is 42.9 Å². The van der Waals surface area contributed by atoms with Crippen molar-refractivity contribution >= 4 is 17.5 Å². The fraction of sp³-hybridized carbons (Fsp3) is 0.105. The van der Waals surface area contributed by atoms with E-state index in [0.717, 1.165) is 16.8 Å². The van der Waals surface area contributed by atoms with Crippen molar-refractivity contribution < 1.29 is 9.53 Å². The monoisotopic (exact) mass is 353 g/mol. The molecule has 3 rings (SSSR count). The molecule has 126 valence electrons. The Morgan fingerprint density at radius 1 is 1.08 bits per heavy atom. The van der Waals surface area contributed by atoms with Crippen molar-refractivity contribution in [1.29, 1.82) is 0 Å². The highest BCUT2D eigenvalue weighted by Gasteiger charge is 2.04. The first-order chi connectivity index (χ1) is 12.2. The third-order valence-corrected chi connectivity index (χ3v) is 3.71. The van der Waals surface area contributed by atoms with Crippen LogP contribution in [0.5, 0.6) is 5.75 Å². The maximum Gasteiger partial charge on any atom is 0.258 e. The summed E-state index contributed by atoms with van der Waals surface area (Å²) in [6.07, 6.45) is 5.22. The molecule has 1 aromatic carbocycles. The number of amides is 1. The van der Waals surface area contributed by atoms with E-state index in [1.165, 1.54) is 0 Å². The van der Waals surface area contributed by atoms with Crippen LogP contribution in [0.1, 0.15) is 5.56 Å². The van der Waals surface area contributed by atoms with Gasteiger partial charge in [-0.3, -0.25) is 14.8 Å². The Morgan fingerprint density at radius 2 is 1.92 bits per heavy atom. The highest BCUT2D eigenvalue weighted by molar-refractivity contribution is 6.30. The average molecular weight is 354 g/mol. The first-order valence-corrected chi connectivity index (χ1v) is 8.09. The van der Waals surface area contributed by atoms with Gasteiger partial charge in [0.1, 0.15) is 5.75 Å². The number of ether oxygens (including phenoxy) is 1. The van der Waals surface area contributed by atoms with Gasteiger partial charge in [-0.1, -0.05) is 17.7 Å². The van der Waals surface area contributed by atoms with Gasteiger partial charge in [-0.15, -0.1) is 0 Å². The standard InChI is InChI=1S/C19H16ClN3O2/c20-16-4-6-17(7-5-16)25-13-19(24)23-11-14-3-8-18(22-10-14)15-2-1-9-21-12-15/h1-10,12H,11,13H2,(H,23,24). The van der Waals surface area contributed by atoms with Crippen molar-refractivity contribution in [2.45, 2.75) is 6.54 Å². The molecule has 0 aliphatic rings. The van der Waals surface area contributed by atoms with Crippen LogP contribution in [0.25, 0.3) is 11.3 Å². The third-order valence-electron chi connectivity index (χ3n) is 3.46. The topological polar surface area (TPSA) is 64.1 Å². The molecule has 0 aliphatic heterocycles. The number of aromatic nitrogens is 2. The summed E-state index contributed by atoms with van der Waals surface area (Å²) >= 11 is 5.80. The fourth-order valence-corrected chi connectivity index (χ4v) is 2.27. The van der Waals surface area contributed by atoms with Gasteiger partial charge in [-0.05, 0) is 48.0 Å². The maximum atomic E-state index is 11.9. The highest BCUT2D eigenvalue weighted by Crippen LogP contribution is 2.16. The van der Waals surface area contributed by atoms with E-state index in [0.29, 0.717) is 17.3 Å². The lowest BCUT2D eigenvalue weighted by molar-refractivity contribution is -0.123. The van der Waals surface area contributed by atoms with Crippen LogP contribution in [-0.4, -0.2) is 22.5 Å². The molecule has 2 aromatic heterocycles. The summed E-state index contributed by atoms with van der Waals surface area (Å²) < 4.78 is 5.39. The van der Waals surface area contributed by atoms with E-state index in [2.05, 4.69) is 15.3 Å².